The van der Waals surface area contributed by atoms with Crippen LogP contribution in [0, 0.1) is 34.5 Å². The van der Waals surface area contributed by atoms with Crippen LogP contribution in [0.2, 0.25) is 0 Å². The van der Waals surface area contributed by atoms with Gasteiger partial charge in [-0.15, -0.1) is 0 Å². The lowest BCUT2D eigenvalue weighted by molar-refractivity contribution is -0.559. The fraction of sp³-hybridized carbons (Fsp3) is 0.867. The summed E-state index contributed by atoms with van der Waals surface area (Å²) in [6, 6.07) is 0.739. The average molecular weight is 271 g/mol. The smallest absolute Gasteiger partial charge is 0.246 e. The largest absolute Gasteiger partial charge is 0.347 e. The third-order valence-electron chi connectivity index (χ3n) is 8.66. The highest BCUT2D eigenvalue weighted by molar-refractivity contribution is 5.48. The molecule has 8 atom stereocenters. The molecule has 2 aliphatic heterocycles. The predicted octanol–water partition coefficient (Wildman–Crippen LogP) is 0.510. The van der Waals surface area contributed by atoms with Gasteiger partial charge < -0.3 is 0 Å². The van der Waals surface area contributed by atoms with Crippen LogP contribution in [0.1, 0.15) is 37.8 Å². The van der Waals surface area contributed by atoms with Gasteiger partial charge in [-0.05, 0) is 36.5 Å². The lowest BCUT2D eigenvalue weighted by Gasteiger charge is -3.02. The van der Waals surface area contributed by atoms with Crippen molar-refractivity contribution >= 4 is 0 Å². The minimum atomic E-state index is -0.0641. The highest BCUT2D eigenvalue weighted by Crippen LogP contribution is 3.04. The van der Waals surface area contributed by atoms with Gasteiger partial charge in [-0.2, -0.15) is 0 Å². The van der Waals surface area contributed by atoms with Gasteiger partial charge in [-0.25, -0.2) is 23.5 Å². The van der Waals surface area contributed by atoms with Crippen LogP contribution in [0.25, 0.3) is 0 Å². The summed E-state index contributed by atoms with van der Waals surface area (Å²) in [6.07, 6.45) is 5.29. The van der Waals surface area contributed by atoms with Crippen molar-refractivity contribution in [3.05, 3.63) is 21.0 Å². The Labute approximate surface area is 115 Å². The van der Waals surface area contributed by atoms with Crippen LogP contribution in [-0.4, -0.2) is 13.9 Å². The van der Waals surface area contributed by atoms with Crippen molar-refractivity contribution in [3.63, 3.8) is 0 Å². The number of hydrogen-bond donors (Lipinski definition) is 0. The molecule has 5 aliphatic carbocycles. The summed E-state index contributed by atoms with van der Waals surface area (Å²) in [4.78, 5) is 25.0. The third-order valence-corrected chi connectivity index (χ3v) is 8.66. The zero-order valence-corrected chi connectivity index (χ0v) is 11.5. The lowest BCUT2D eigenvalue weighted by Crippen LogP contribution is -3.01. The van der Waals surface area contributed by atoms with Gasteiger partial charge in [0.05, 0.1) is 12.1 Å². The van der Waals surface area contributed by atoms with Gasteiger partial charge in [-0.1, -0.05) is 12.8 Å². The summed E-state index contributed by atoms with van der Waals surface area (Å²) in [5, 5.41) is 0. The van der Waals surface area contributed by atoms with E-state index in [-0.39, 0.29) is 11.4 Å². The molecule has 0 unspecified atom stereocenters. The van der Waals surface area contributed by atoms with Gasteiger partial charge in [0.1, 0.15) is 0 Å². The van der Waals surface area contributed by atoms with E-state index in [0.29, 0.717) is 22.9 Å². The quantitative estimate of drug-likeness (QED) is 0.690. The minimum absolute atomic E-state index is 0.0641. The van der Waals surface area contributed by atoms with Crippen LogP contribution in [-0.2, 0) is 7.05 Å². The Morgan fingerprint density at radius 1 is 0.900 bits per heavy atom. The molecular formula is C15H17N3O2. The molecule has 7 aliphatic rings. The van der Waals surface area contributed by atoms with Crippen molar-refractivity contribution in [1.82, 2.24) is 13.9 Å². The van der Waals surface area contributed by atoms with E-state index in [9.17, 15) is 9.59 Å². The monoisotopic (exact) mass is 271 g/mol. The molecule has 0 saturated heterocycles. The number of hydrogen-bond acceptors (Lipinski definition) is 2. The maximum atomic E-state index is 12.5. The summed E-state index contributed by atoms with van der Waals surface area (Å²) >= 11 is 0. The highest BCUT2D eigenvalue weighted by Gasteiger charge is 3.02. The molecule has 2 bridgehead atoms. The van der Waals surface area contributed by atoms with Crippen molar-refractivity contribution in [3.8, 4) is 0 Å². The Kier molecular flexibility index (Phi) is 1.05. The summed E-state index contributed by atoms with van der Waals surface area (Å²) in [7, 11) is 1.64. The van der Waals surface area contributed by atoms with E-state index in [1.54, 1.807) is 7.05 Å². The van der Waals surface area contributed by atoms with Crippen LogP contribution >= 0.6 is 0 Å². The fourth-order valence-corrected chi connectivity index (χ4v) is 8.64. The Hall–Kier alpha value is -1.26. The van der Waals surface area contributed by atoms with Gasteiger partial charge in [0.15, 0.2) is 0 Å². The van der Waals surface area contributed by atoms with E-state index >= 15 is 0 Å². The summed E-state index contributed by atoms with van der Waals surface area (Å²) in [5.41, 5.74) is 0.728. The van der Waals surface area contributed by atoms with Crippen molar-refractivity contribution < 1.29 is 0 Å². The Morgan fingerprint density at radius 2 is 1.35 bits per heavy atom. The maximum Gasteiger partial charge on any atom is 0.347 e. The third kappa shape index (κ3) is 0.482. The van der Waals surface area contributed by atoms with E-state index in [0.717, 1.165) is 23.7 Å². The fourth-order valence-electron chi connectivity index (χ4n) is 8.64. The second kappa shape index (κ2) is 2.18. The summed E-state index contributed by atoms with van der Waals surface area (Å²) < 4.78 is 5.12. The molecule has 5 fully saturated rings. The molecule has 104 valence electrons. The second-order valence-electron chi connectivity index (χ2n) is 8.20. The van der Waals surface area contributed by atoms with Gasteiger partial charge >= 0.3 is 11.4 Å². The molecule has 20 heavy (non-hydrogen) atoms. The molecule has 0 N–H and O–H groups in total. The second-order valence-corrected chi connectivity index (χ2v) is 8.20. The zero-order chi connectivity index (χ0) is 13.2. The topological polar surface area (TPSA) is 48.9 Å². The first-order valence-electron chi connectivity index (χ1n) is 8.08. The molecule has 2 spiro atoms. The molecule has 0 amide bonds. The molecule has 5 nitrogen and oxygen atoms in total. The normalized spacial score (nSPS) is 61.2. The van der Waals surface area contributed by atoms with Gasteiger partial charge in [-0.3, -0.25) is 0 Å². The Morgan fingerprint density at radius 3 is 1.80 bits per heavy atom. The van der Waals surface area contributed by atoms with Crippen molar-refractivity contribution in [2.45, 2.75) is 37.8 Å². The van der Waals surface area contributed by atoms with Crippen molar-refractivity contribution in [2.75, 3.05) is 0 Å². The number of aromatic nitrogens is 3. The Balaban J connectivity index is 1.65. The molecule has 5 saturated carbocycles. The van der Waals surface area contributed by atoms with Gasteiger partial charge in [0.2, 0.25) is 0 Å². The summed E-state index contributed by atoms with van der Waals surface area (Å²) in [6.45, 7) is 0. The molecule has 0 radical (unpaired) electrons. The summed E-state index contributed by atoms with van der Waals surface area (Å²) in [5.74, 6) is 3.32. The van der Waals surface area contributed by atoms with Gasteiger partial charge in [0.25, 0.3) is 0 Å². The predicted molar refractivity (Wildman–Crippen MR) is 69.3 cm³/mol. The number of nitrogens with zero attached hydrogens (tertiary/aromatic N) is 3. The molecule has 3 heterocycles. The van der Waals surface area contributed by atoms with Gasteiger partial charge in [0, 0.05) is 17.9 Å². The van der Waals surface area contributed by atoms with Crippen LogP contribution in [0.4, 0.5) is 0 Å². The maximum absolute atomic E-state index is 12.5. The lowest BCUT2D eigenvalue weighted by atomic mass is 9.04. The first kappa shape index (κ1) is 9.64. The SMILES string of the molecule is Cn1c(=O)n2n(c1=O)[C@@H]1[C@H]3[C@@H]4[C@@H]5[C@H]3[C@]13CCCC[C@@]53[C@H]42. The van der Waals surface area contributed by atoms with E-state index in [1.165, 1.54) is 30.3 Å². The molecule has 5 heteroatoms. The van der Waals surface area contributed by atoms with Crippen LogP contribution in [0.5, 0.6) is 0 Å². The van der Waals surface area contributed by atoms with Crippen LogP contribution in [0.15, 0.2) is 9.59 Å². The molecule has 1 aromatic heterocycles. The molecule has 1 aromatic rings. The van der Waals surface area contributed by atoms with E-state index in [4.69, 9.17) is 0 Å². The van der Waals surface area contributed by atoms with Crippen LogP contribution in [0.3, 0.4) is 0 Å². The van der Waals surface area contributed by atoms with E-state index in [2.05, 4.69) is 0 Å². The first-order valence-corrected chi connectivity index (χ1v) is 8.08. The minimum Gasteiger partial charge on any atom is -0.246 e. The first-order chi connectivity index (χ1) is 9.68. The van der Waals surface area contributed by atoms with Crippen molar-refractivity contribution in [2.24, 2.45) is 41.5 Å². The zero-order valence-electron chi connectivity index (χ0n) is 11.5. The van der Waals surface area contributed by atoms with E-state index < -0.39 is 0 Å². The highest BCUT2D eigenvalue weighted by atomic mass is 16.2. The van der Waals surface area contributed by atoms with E-state index in [1.807, 2.05) is 9.36 Å². The van der Waals surface area contributed by atoms with Crippen LogP contribution < -0.4 is 11.4 Å². The number of rotatable bonds is 0. The average Bonchev–Trinajstić information content (AvgIpc) is 2.64. The molecule has 8 rings (SSSR count). The Bertz CT molecular complexity index is 779. The standard InChI is InChI=1S/C15H17N3O2/c1-16-12(19)17-10-6-7-9-8(6)14(10)4-2-3-5-15(9,14)11(7)18(17)13(16)20/h6-11H,2-5H2,1H3/t6-,7+,8-,9+,10+,11-,14+,15-. The molecule has 0 aromatic carbocycles. The molecular weight excluding hydrogens is 254 g/mol. The van der Waals surface area contributed by atoms with Crippen molar-refractivity contribution in [1.29, 1.82) is 0 Å².